The van der Waals surface area contributed by atoms with Crippen LogP contribution in [0, 0.1) is 0 Å². The number of carbonyl (C=O) groups is 1. The molecule has 0 aromatic heterocycles. The molecule has 0 atom stereocenters. The van der Waals surface area contributed by atoms with Gasteiger partial charge in [0.2, 0.25) is 5.90 Å². The zero-order valence-corrected chi connectivity index (χ0v) is 9.49. The van der Waals surface area contributed by atoms with Crippen LogP contribution >= 0.6 is 0 Å². The van der Waals surface area contributed by atoms with Crippen molar-refractivity contribution >= 4 is 11.9 Å². The van der Waals surface area contributed by atoms with Gasteiger partial charge in [-0.15, -0.1) is 0 Å². The molecule has 0 saturated heterocycles. The molecule has 0 rings (SSSR count). The van der Waals surface area contributed by atoms with Crippen molar-refractivity contribution in [3.05, 3.63) is 0 Å². The zero-order valence-electron chi connectivity index (χ0n) is 9.49. The number of ether oxygens (including phenoxy) is 2. The van der Waals surface area contributed by atoms with Gasteiger partial charge in [0, 0.05) is 6.92 Å². The highest BCUT2D eigenvalue weighted by Gasteiger charge is 2.02. The Morgan fingerprint density at radius 3 is 2.29 bits per heavy atom. The topological polar surface area (TPSA) is 57.1 Å². The van der Waals surface area contributed by atoms with Gasteiger partial charge >= 0.3 is 5.97 Å². The second kappa shape index (κ2) is 11.7. The second-order valence-corrected chi connectivity index (χ2v) is 1.89. The van der Waals surface area contributed by atoms with Gasteiger partial charge in [-0.05, 0) is 6.92 Å². The monoisotopic (exact) mass is 205 g/mol. The molecule has 0 saturated carbocycles. The third-order valence-electron chi connectivity index (χ3n) is 0.924. The van der Waals surface area contributed by atoms with Crippen molar-refractivity contribution in [1.29, 1.82) is 0 Å². The molecule has 0 aromatic carbocycles. The maximum absolute atomic E-state index is 10.7. The minimum Gasteiger partial charge on any atom is -0.467 e. The Hall–Kier alpha value is -1.26. The summed E-state index contributed by atoms with van der Waals surface area (Å²) in [6.45, 7) is 7.53. The van der Waals surface area contributed by atoms with Gasteiger partial charge in [-0.1, -0.05) is 19.0 Å². The quantitative estimate of drug-likeness (QED) is 0.302. The SMILES string of the molecule is CC.CCOC(=O)CO/C(C)=N\OC. The second-order valence-electron chi connectivity index (χ2n) is 1.89. The minimum absolute atomic E-state index is 0.132. The normalized spacial score (nSPS) is 9.64. The molecule has 0 radical (unpaired) electrons. The highest BCUT2D eigenvalue weighted by Crippen LogP contribution is 1.85. The van der Waals surface area contributed by atoms with Crippen LogP contribution in [0.4, 0.5) is 0 Å². The smallest absolute Gasteiger partial charge is 0.344 e. The van der Waals surface area contributed by atoms with Crippen LogP contribution in [0.3, 0.4) is 0 Å². The van der Waals surface area contributed by atoms with Crippen molar-refractivity contribution in [3.63, 3.8) is 0 Å². The summed E-state index contributed by atoms with van der Waals surface area (Å²) in [4.78, 5) is 15.1. The van der Waals surface area contributed by atoms with Gasteiger partial charge in [0.05, 0.1) is 6.61 Å². The molecule has 0 amide bonds. The molecule has 0 fully saturated rings. The van der Waals surface area contributed by atoms with Gasteiger partial charge in [-0.2, -0.15) is 0 Å². The summed E-state index contributed by atoms with van der Waals surface area (Å²) in [6, 6.07) is 0. The van der Waals surface area contributed by atoms with E-state index in [9.17, 15) is 4.79 Å². The summed E-state index contributed by atoms with van der Waals surface area (Å²) in [7, 11) is 1.40. The molecule has 0 aliphatic carbocycles. The average Bonchev–Trinajstić information content (AvgIpc) is 2.19. The first-order valence-electron chi connectivity index (χ1n) is 4.56. The molecule has 0 aromatic rings. The third kappa shape index (κ3) is 10.7. The highest BCUT2D eigenvalue weighted by atomic mass is 16.6. The Kier molecular flexibility index (Phi) is 12.8. The van der Waals surface area contributed by atoms with E-state index in [0.29, 0.717) is 12.5 Å². The van der Waals surface area contributed by atoms with Crippen LogP contribution in [-0.4, -0.2) is 32.2 Å². The number of esters is 1. The lowest BCUT2D eigenvalue weighted by Crippen LogP contribution is -2.14. The zero-order chi connectivity index (χ0) is 11.4. The molecule has 0 unspecified atom stereocenters. The molecular formula is C9H19NO4. The summed E-state index contributed by atoms with van der Waals surface area (Å²) >= 11 is 0. The Labute approximate surface area is 85.0 Å². The van der Waals surface area contributed by atoms with Gasteiger partial charge in [-0.25, -0.2) is 4.79 Å². The van der Waals surface area contributed by atoms with E-state index < -0.39 is 5.97 Å². The van der Waals surface area contributed by atoms with Crippen molar-refractivity contribution in [3.8, 4) is 0 Å². The number of hydrogen-bond donors (Lipinski definition) is 0. The maximum atomic E-state index is 10.7. The van der Waals surface area contributed by atoms with Crippen LogP contribution in [-0.2, 0) is 19.1 Å². The fourth-order valence-corrected chi connectivity index (χ4v) is 0.521. The summed E-state index contributed by atoms with van der Waals surface area (Å²) in [5, 5.41) is 3.44. The van der Waals surface area contributed by atoms with Crippen LogP contribution in [0.1, 0.15) is 27.7 Å². The van der Waals surface area contributed by atoms with E-state index in [2.05, 4.69) is 14.7 Å². The Bertz CT molecular complexity index is 168. The molecule has 5 nitrogen and oxygen atoms in total. The molecular weight excluding hydrogens is 186 g/mol. The van der Waals surface area contributed by atoms with Crippen molar-refractivity contribution < 1.29 is 19.1 Å². The van der Waals surface area contributed by atoms with Crippen molar-refractivity contribution in [2.75, 3.05) is 20.3 Å². The summed E-state index contributed by atoms with van der Waals surface area (Å²) in [5.74, 6) is -0.117. The fourth-order valence-electron chi connectivity index (χ4n) is 0.521. The minimum atomic E-state index is -0.414. The molecule has 0 N–H and O–H groups in total. The summed E-state index contributed by atoms with van der Waals surface area (Å²) < 4.78 is 9.46. The Morgan fingerprint density at radius 2 is 1.86 bits per heavy atom. The first kappa shape index (κ1) is 15.2. The number of nitrogens with zero attached hydrogens (tertiary/aromatic N) is 1. The number of oxime groups is 1. The van der Waals surface area contributed by atoms with Gasteiger partial charge in [-0.3, -0.25) is 0 Å². The van der Waals surface area contributed by atoms with E-state index in [1.54, 1.807) is 13.8 Å². The highest BCUT2D eigenvalue weighted by molar-refractivity contribution is 5.77. The van der Waals surface area contributed by atoms with Gasteiger partial charge < -0.3 is 14.3 Å². The molecule has 0 heterocycles. The van der Waals surface area contributed by atoms with Crippen LogP contribution in [0.5, 0.6) is 0 Å². The first-order valence-corrected chi connectivity index (χ1v) is 4.56. The van der Waals surface area contributed by atoms with E-state index in [0.717, 1.165) is 0 Å². The fraction of sp³-hybridized carbons (Fsp3) is 0.778. The van der Waals surface area contributed by atoms with Crippen LogP contribution < -0.4 is 0 Å². The van der Waals surface area contributed by atoms with Crippen LogP contribution in [0.15, 0.2) is 5.16 Å². The maximum Gasteiger partial charge on any atom is 0.344 e. The van der Waals surface area contributed by atoms with Crippen LogP contribution in [0.25, 0.3) is 0 Å². The lowest BCUT2D eigenvalue weighted by molar-refractivity contribution is -0.145. The predicted molar refractivity (Wildman–Crippen MR) is 54.1 cm³/mol. The Morgan fingerprint density at radius 1 is 1.29 bits per heavy atom. The van der Waals surface area contributed by atoms with E-state index in [-0.39, 0.29) is 6.61 Å². The van der Waals surface area contributed by atoms with Gasteiger partial charge in [0.25, 0.3) is 0 Å². The van der Waals surface area contributed by atoms with E-state index in [1.165, 1.54) is 7.11 Å². The standard InChI is InChI=1S/C7H13NO4.C2H6/c1-4-11-7(9)5-12-6(2)8-10-3;1-2/h4-5H2,1-3H3;1-2H3/b8-6-;. The lowest BCUT2D eigenvalue weighted by Gasteiger charge is -2.03. The van der Waals surface area contributed by atoms with Crippen molar-refractivity contribution in [2.45, 2.75) is 27.7 Å². The van der Waals surface area contributed by atoms with E-state index in [1.807, 2.05) is 13.8 Å². The predicted octanol–water partition coefficient (Wildman–Crippen LogP) is 1.57. The molecule has 0 aliphatic heterocycles. The number of rotatable bonds is 4. The third-order valence-corrected chi connectivity index (χ3v) is 0.924. The summed E-state index contributed by atoms with van der Waals surface area (Å²) in [6.07, 6.45) is 0. The largest absolute Gasteiger partial charge is 0.467 e. The molecule has 14 heavy (non-hydrogen) atoms. The molecule has 84 valence electrons. The van der Waals surface area contributed by atoms with E-state index >= 15 is 0 Å². The number of hydrogen-bond acceptors (Lipinski definition) is 5. The van der Waals surface area contributed by atoms with E-state index in [4.69, 9.17) is 4.74 Å². The lowest BCUT2D eigenvalue weighted by atomic mass is 10.7. The van der Waals surface area contributed by atoms with Crippen molar-refractivity contribution in [1.82, 2.24) is 0 Å². The van der Waals surface area contributed by atoms with Gasteiger partial charge in [0.15, 0.2) is 6.61 Å². The Balaban J connectivity index is 0. The molecule has 0 bridgehead atoms. The van der Waals surface area contributed by atoms with Crippen LogP contribution in [0.2, 0.25) is 0 Å². The van der Waals surface area contributed by atoms with Crippen molar-refractivity contribution in [2.24, 2.45) is 5.16 Å². The summed E-state index contributed by atoms with van der Waals surface area (Å²) in [5.41, 5.74) is 0. The van der Waals surface area contributed by atoms with Gasteiger partial charge in [0.1, 0.15) is 7.11 Å². The molecule has 0 aliphatic rings. The first-order chi connectivity index (χ1) is 6.70. The average molecular weight is 205 g/mol. The molecule has 5 heteroatoms. The number of carbonyl (C=O) groups excluding carboxylic acids is 1. The molecule has 0 spiro atoms.